The molecule has 152 valence electrons. The monoisotopic (exact) mass is 410 g/mol. The quantitative estimate of drug-likeness (QED) is 0.542. The SMILES string of the molecule is CCC1(c2ccc(NC(=O)c3ccccc3SC(C)C)cc2)CCC(=O)NC1=O. The number of piperidine rings is 1. The van der Waals surface area contributed by atoms with Crippen molar-refractivity contribution in [1.29, 1.82) is 0 Å². The van der Waals surface area contributed by atoms with Crippen LogP contribution < -0.4 is 10.6 Å². The van der Waals surface area contributed by atoms with Gasteiger partial charge in [0.2, 0.25) is 11.8 Å². The van der Waals surface area contributed by atoms with Crippen LogP contribution in [0.5, 0.6) is 0 Å². The van der Waals surface area contributed by atoms with Gasteiger partial charge in [-0.3, -0.25) is 19.7 Å². The molecule has 1 atom stereocenters. The summed E-state index contributed by atoms with van der Waals surface area (Å²) in [6, 6.07) is 14.9. The zero-order valence-electron chi connectivity index (χ0n) is 17.0. The first kappa shape index (κ1) is 21.1. The van der Waals surface area contributed by atoms with Crippen LogP contribution in [0.25, 0.3) is 0 Å². The molecule has 2 aromatic carbocycles. The summed E-state index contributed by atoms with van der Waals surface area (Å²) in [5, 5.41) is 5.78. The van der Waals surface area contributed by atoms with Crippen molar-refractivity contribution in [2.75, 3.05) is 5.32 Å². The molecule has 0 spiro atoms. The maximum absolute atomic E-state index is 12.8. The minimum absolute atomic E-state index is 0.160. The van der Waals surface area contributed by atoms with Crippen LogP contribution in [0, 0.1) is 0 Å². The predicted octanol–water partition coefficient (Wildman–Crippen LogP) is 4.52. The summed E-state index contributed by atoms with van der Waals surface area (Å²) in [6.07, 6.45) is 1.44. The number of amides is 3. The molecule has 1 aliphatic rings. The molecule has 1 saturated heterocycles. The molecule has 1 aliphatic heterocycles. The Morgan fingerprint density at radius 2 is 1.83 bits per heavy atom. The third kappa shape index (κ3) is 4.53. The standard InChI is InChI=1S/C23H26N2O3S/c1-4-23(14-13-20(26)25-22(23)28)16-9-11-17(12-10-16)24-21(27)18-7-5-6-8-19(18)29-15(2)3/h5-12,15H,4,13-14H2,1-3H3,(H,24,27)(H,25,26,28). The van der Waals surface area contributed by atoms with E-state index in [1.54, 1.807) is 11.8 Å². The first-order valence-corrected chi connectivity index (χ1v) is 10.8. The average molecular weight is 411 g/mol. The fourth-order valence-electron chi connectivity index (χ4n) is 3.65. The number of carbonyl (C=O) groups excluding carboxylic acids is 3. The topological polar surface area (TPSA) is 75.3 Å². The minimum Gasteiger partial charge on any atom is -0.322 e. The molecule has 5 nitrogen and oxygen atoms in total. The van der Waals surface area contributed by atoms with Crippen LogP contribution in [0.2, 0.25) is 0 Å². The molecule has 2 N–H and O–H groups in total. The smallest absolute Gasteiger partial charge is 0.256 e. The number of benzene rings is 2. The Balaban J connectivity index is 1.78. The van der Waals surface area contributed by atoms with Crippen molar-refractivity contribution < 1.29 is 14.4 Å². The maximum atomic E-state index is 12.8. The number of hydrogen-bond acceptors (Lipinski definition) is 4. The fraction of sp³-hybridized carbons (Fsp3) is 0.348. The summed E-state index contributed by atoms with van der Waals surface area (Å²) in [4.78, 5) is 37.8. The summed E-state index contributed by atoms with van der Waals surface area (Å²) >= 11 is 1.66. The van der Waals surface area contributed by atoms with Crippen LogP contribution in [0.1, 0.15) is 56.0 Å². The highest BCUT2D eigenvalue weighted by Crippen LogP contribution is 2.36. The van der Waals surface area contributed by atoms with Gasteiger partial charge in [-0.1, -0.05) is 45.0 Å². The Morgan fingerprint density at radius 1 is 1.14 bits per heavy atom. The maximum Gasteiger partial charge on any atom is 0.256 e. The Bertz CT molecular complexity index is 924. The second-order valence-electron chi connectivity index (χ2n) is 7.51. The van der Waals surface area contributed by atoms with Gasteiger partial charge < -0.3 is 5.32 Å². The second-order valence-corrected chi connectivity index (χ2v) is 9.13. The molecule has 0 bridgehead atoms. The fourth-order valence-corrected chi connectivity index (χ4v) is 4.60. The molecular formula is C23H26N2O3S. The number of imide groups is 1. The molecule has 2 aromatic rings. The summed E-state index contributed by atoms with van der Waals surface area (Å²) in [5.74, 6) is -0.624. The van der Waals surface area contributed by atoms with Crippen molar-refractivity contribution >= 4 is 35.2 Å². The molecule has 0 saturated carbocycles. The van der Waals surface area contributed by atoms with Gasteiger partial charge in [0.25, 0.3) is 5.91 Å². The van der Waals surface area contributed by atoms with Crippen LogP contribution in [0.15, 0.2) is 53.4 Å². The second kappa shape index (κ2) is 8.82. The third-order valence-corrected chi connectivity index (χ3v) is 6.34. The lowest BCUT2D eigenvalue weighted by molar-refractivity contribution is -0.138. The van der Waals surface area contributed by atoms with E-state index in [1.165, 1.54) is 0 Å². The molecule has 1 unspecified atom stereocenters. The molecule has 29 heavy (non-hydrogen) atoms. The predicted molar refractivity (Wildman–Crippen MR) is 116 cm³/mol. The largest absolute Gasteiger partial charge is 0.322 e. The normalized spacial score (nSPS) is 19.2. The number of anilines is 1. The molecule has 1 fully saturated rings. The van der Waals surface area contributed by atoms with E-state index in [2.05, 4.69) is 24.5 Å². The number of nitrogens with one attached hydrogen (secondary N) is 2. The van der Waals surface area contributed by atoms with Gasteiger partial charge in [-0.2, -0.15) is 0 Å². The van der Waals surface area contributed by atoms with Crippen molar-refractivity contribution in [2.24, 2.45) is 0 Å². The Kier molecular flexibility index (Phi) is 6.42. The highest BCUT2D eigenvalue weighted by atomic mass is 32.2. The highest BCUT2D eigenvalue weighted by molar-refractivity contribution is 8.00. The van der Waals surface area contributed by atoms with E-state index in [1.807, 2.05) is 55.5 Å². The molecule has 0 aliphatic carbocycles. The Hall–Kier alpha value is -2.60. The van der Waals surface area contributed by atoms with Crippen molar-refractivity contribution in [3.63, 3.8) is 0 Å². The number of carbonyl (C=O) groups is 3. The van der Waals surface area contributed by atoms with Gasteiger partial charge in [-0.15, -0.1) is 11.8 Å². The molecule has 3 rings (SSSR count). The summed E-state index contributed by atoms with van der Waals surface area (Å²) in [5.41, 5.74) is 1.47. The van der Waals surface area contributed by atoms with Crippen LogP contribution in [0.3, 0.4) is 0 Å². The summed E-state index contributed by atoms with van der Waals surface area (Å²) in [7, 11) is 0. The summed E-state index contributed by atoms with van der Waals surface area (Å²) < 4.78 is 0. The van der Waals surface area contributed by atoms with Gasteiger partial charge >= 0.3 is 0 Å². The van der Waals surface area contributed by atoms with Gasteiger partial charge in [0.05, 0.1) is 11.0 Å². The van der Waals surface area contributed by atoms with Crippen LogP contribution in [-0.2, 0) is 15.0 Å². The zero-order chi connectivity index (χ0) is 21.0. The lowest BCUT2D eigenvalue weighted by Gasteiger charge is -2.35. The van der Waals surface area contributed by atoms with Gasteiger partial charge in [-0.25, -0.2) is 0 Å². The van der Waals surface area contributed by atoms with Crippen LogP contribution in [-0.4, -0.2) is 23.0 Å². The van der Waals surface area contributed by atoms with E-state index < -0.39 is 5.41 Å². The Labute approximate surface area is 175 Å². The molecule has 0 aromatic heterocycles. The lowest BCUT2D eigenvalue weighted by atomic mass is 9.72. The third-order valence-electron chi connectivity index (χ3n) is 5.26. The molecule has 0 radical (unpaired) electrons. The van der Waals surface area contributed by atoms with E-state index in [9.17, 15) is 14.4 Å². The van der Waals surface area contributed by atoms with E-state index in [-0.39, 0.29) is 17.7 Å². The van der Waals surface area contributed by atoms with Crippen molar-refractivity contribution in [3.05, 3.63) is 59.7 Å². The number of hydrogen-bond donors (Lipinski definition) is 2. The average Bonchev–Trinajstić information content (AvgIpc) is 2.69. The molecule has 6 heteroatoms. The highest BCUT2D eigenvalue weighted by Gasteiger charge is 2.42. The number of thioether (sulfide) groups is 1. The first-order chi connectivity index (χ1) is 13.9. The Morgan fingerprint density at radius 3 is 2.45 bits per heavy atom. The van der Waals surface area contributed by atoms with Crippen LogP contribution in [0.4, 0.5) is 5.69 Å². The molecule has 1 heterocycles. The molecule has 3 amide bonds. The van der Waals surface area contributed by atoms with Gasteiger partial charge in [-0.05, 0) is 42.7 Å². The minimum atomic E-state index is -0.697. The van der Waals surface area contributed by atoms with Gasteiger partial charge in [0.15, 0.2) is 0 Å². The van der Waals surface area contributed by atoms with Crippen molar-refractivity contribution in [2.45, 2.75) is 55.6 Å². The van der Waals surface area contributed by atoms with Gasteiger partial charge in [0.1, 0.15) is 0 Å². The van der Waals surface area contributed by atoms with Crippen molar-refractivity contribution in [3.8, 4) is 0 Å². The lowest BCUT2D eigenvalue weighted by Crippen LogP contribution is -2.51. The number of rotatable bonds is 6. The summed E-state index contributed by atoms with van der Waals surface area (Å²) in [6.45, 7) is 6.14. The first-order valence-electron chi connectivity index (χ1n) is 9.87. The van der Waals surface area contributed by atoms with Crippen LogP contribution >= 0.6 is 11.8 Å². The van der Waals surface area contributed by atoms with E-state index in [0.717, 1.165) is 10.5 Å². The zero-order valence-corrected chi connectivity index (χ0v) is 17.8. The van der Waals surface area contributed by atoms with E-state index >= 15 is 0 Å². The van der Waals surface area contributed by atoms with Gasteiger partial charge in [0, 0.05) is 22.3 Å². The van der Waals surface area contributed by atoms with E-state index in [0.29, 0.717) is 35.8 Å². The van der Waals surface area contributed by atoms with E-state index in [4.69, 9.17) is 0 Å². The molecular weight excluding hydrogens is 384 g/mol. The van der Waals surface area contributed by atoms with Crippen molar-refractivity contribution in [1.82, 2.24) is 5.32 Å².